The van der Waals surface area contributed by atoms with Crippen molar-refractivity contribution in [3.63, 3.8) is 0 Å². The zero-order valence-corrected chi connectivity index (χ0v) is 11.2. The van der Waals surface area contributed by atoms with Crippen molar-refractivity contribution in [2.45, 2.75) is 37.0 Å². The maximum atomic E-state index is 10.1. The number of aliphatic hydroxyl groups is 1. The van der Waals surface area contributed by atoms with Crippen LogP contribution in [0.3, 0.4) is 0 Å². The third kappa shape index (κ3) is 1.87. The van der Waals surface area contributed by atoms with Crippen LogP contribution in [0.4, 0.5) is 5.82 Å². The number of rotatable bonds is 2. The van der Waals surface area contributed by atoms with E-state index in [2.05, 4.69) is 27.6 Å². The van der Waals surface area contributed by atoms with Gasteiger partial charge in [0.25, 0.3) is 0 Å². The van der Waals surface area contributed by atoms with Crippen LogP contribution in [0.25, 0.3) is 11.2 Å². The molecule has 0 spiro atoms. The normalized spacial score (nSPS) is 31.1. The van der Waals surface area contributed by atoms with Gasteiger partial charge in [-0.3, -0.25) is 4.57 Å². The van der Waals surface area contributed by atoms with Crippen molar-refractivity contribution in [2.24, 2.45) is 0 Å². The number of aliphatic hydroxyl groups excluding tert-OH is 1. The van der Waals surface area contributed by atoms with E-state index in [0.29, 0.717) is 17.0 Å². The molecule has 7 nitrogen and oxygen atoms in total. The zero-order chi connectivity index (χ0) is 13.6. The summed E-state index contributed by atoms with van der Waals surface area (Å²) in [6.07, 6.45) is 2.43. The molecule has 1 fully saturated rings. The van der Waals surface area contributed by atoms with Crippen LogP contribution >= 0.6 is 12.6 Å². The molecule has 3 heterocycles. The summed E-state index contributed by atoms with van der Waals surface area (Å²) in [7, 11) is 0. The Balaban J connectivity index is 2.04. The van der Waals surface area contributed by atoms with E-state index in [9.17, 15) is 5.11 Å². The third-order valence-corrected chi connectivity index (χ3v) is 3.96. The fourth-order valence-electron chi connectivity index (χ4n) is 2.35. The zero-order valence-electron chi connectivity index (χ0n) is 10.3. The van der Waals surface area contributed by atoms with E-state index in [-0.39, 0.29) is 11.4 Å². The van der Waals surface area contributed by atoms with Gasteiger partial charge in [0.1, 0.15) is 11.8 Å². The first-order valence-electron chi connectivity index (χ1n) is 6.08. The van der Waals surface area contributed by atoms with E-state index in [1.165, 1.54) is 6.33 Å². The van der Waals surface area contributed by atoms with Crippen molar-refractivity contribution in [1.29, 1.82) is 0 Å². The highest BCUT2D eigenvalue weighted by atomic mass is 32.1. The average molecular weight is 281 g/mol. The molecule has 3 rings (SSSR count). The molecule has 0 saturated carbocycles. The molecule has 4 unspecified atom stereocenters. The highest BCUT2D eigenvalue weighted by molar-refractivity contribution is 7.81. The molecular formula is C11H15N5O2S. The molecular weight excluding hydrogens is 266 g/mol. The van der Waals surface area contributed by atoms with Crippen LogP contribution in [0.2, 0.25) is 0 Å². The minimum absolute atomic E-state index is 0.232. The first-order chi connectivity index (χ1) is 9.13. The predicted molar refractivity (Wildman–Crippen MR) is 72.7 cm³/mol. The molecule has 4 atom stereocenters. The number of imidazole rings is 1. The summed E-state index contributed by atoms with van der Waals surface area (Å²) >= 11 is 4.44. The van der Waals surface area contributed by atoms with Gasteiger partial charge in [-0.05, 0) is 6.42 Å². The number of hydrogen-bond acceptors (Lipinski definition) is 7. The number of nitrogens with zero attached hydrogens (tertiary/aromatic N) is 4. The minimum Gasteiger partial charge on any atom is -0.389 e. The van der Waals surface area contributed by atoms with Gasteiger partial charge in [0, 0.05) is 0 Å². The van der Waals surface area contributed by atoms with Gasteiger partial charge < -0.3 is 15.6 Å². The van der Waals surface area contributed by atoms with Crippen LogP contribution in [0, 0.1) is 0 Å². The van der Waals surface area contributed by atoms with Gasteiger partial charge in [-0.1, -0.05) is 6.92 Å². The topological polar surface area (TPSA) is 99.1 Å². The number of ether oxygens (including phenoxy) is 1. The van der Waals surface area contributed by atoms with Crippen LogP contribution in [0.1, 0.15) is 19.6 Å². The molecule has 0 aliphatic carbocycles. The number of aromatic nitrogens is 4. The smallest absolute Gasteiger partial charge is 0.167 e. The largest absolute Gasteiger partial charge is 0.389 e. The van der Waals surface area contributed by atoms with Crippen molar-refractivity contribution < 1.29 is 9.84 Å². The van der Waals surface area contributed by atoms with Gasteiger partial charge in [0.15, 0.2) is 17.7 Å². The van der Waals surface area contributed by atoms with Gasteiger partial charge >= 0.3 is 0 Å². The van der Waals surface area contributed by atoms with E-state index in [0.717, 1.165) is 6.42 Å². The van der Waals surface area contributed by atoms with Gasteiger partial charge in [0.05, 0.1) is 23.8 Å². The van der Waals surface area contributed by atoms with E-state index in [1.807, 2.05) is 6.92 Å². The Morgan fingerprint density at radius 2 is 2.26 bits per heavy atom. The first-order valence-corrected chi connectivity index (χ1v) is 6.59. The lowest BCUT2D eigenvalue weighted by Gasteiger charge is -2.16. The molecule has 0 bridgehead atoms. The number of anilines is 1. The molecule has 0 amide bonds. The lowest BCUT2D eigenvalue weighted by atomic mass is 10.1. The summed E-state index contributed by atoms with van der Waals surface area (Å²) in [6.45, 7) is 1.96. The van der Waals surface area contributed by atoms with Crippen molar-refractivity contribution >= 4 is 29.6 Å². The molecule has 2 aromatic heterocycles. The minimum atomic E-state index is -0.616. The molecule has 2 aromatic rings. The predicted octanol–water partition coefficient (Wildman–Crippen LogP) is 0.375. The fourth-order valence-corrected chi connectivity index (χ4v) is 2.76. The Morgan fingerprint density at radius 1 is 1.47 bits per heavy atom. The molecule has 1 aliphatic rings. The van der Waals surface area contributed by atoms with E-state index >= 15 is 0 Å². The molecule has 102 valence electrons. The summed E-state index contributed by atoms with van der Waals surface area (Å²) in [6, 6.07) is 0. The third-order valence-electron chi connectivity index (χ3n) is 3.40. The Labute approximate surface area is 115 Å². The summed E-state index contributed by atoms with van der Waals surface area (Å²) < 4.78 is 7.56. The van der Waals surface area contributed by atoms with Gasteiger partial charge in [-0.2, -0.15) is 12.6 Å². The van der Waals surface area contributed by atoms with Crippen molar-refractivity contribution in [3.8, 4) is 0 Å². The number of fused-ring (bicyclic) bond motifs is 1. The summed E-state index contributed by atoms with van der Waals surface area (Å²) in [5.74, 6) is 0.324. The Morgan fingerprint density at radius 3 is 2.95 bits per heavy atom. The molecule has 0 radical (unpaired) electrons. The monoisotopic (exact) mass is 281 g/mol. The van der Waals surface area contributed by atoms with Crippen LogP contribution in [0.15, 0.2) is 12.7 Å². The highest BCUT2D eigenvalue weighted by Gasteiger charge is 2.42. The van der Waals surface area contributed by atoms with Gasteiger partial charge in [-0.15, -0.1) is 0 Å². The summed E-state index contributed by atoms with van der Waals surface area (Å²) in [5, 5.41) is 9.73. The van der Waals surface area contributed by atoms with E-state index in [4.69, 9.17) is 10.5 Å². The summed E-state index contributed by atoms with van der Waals surface area (Å²) in [5.41, 5.74) is 6.86. The number of nitrogen functional groups attached to an aromatic ring is 1. The highest BCUT2D eigenvalue weighted by Crippen LogP contribution is 2.35. The van der Waals surface area contributed by atoms with E-state index < -0.39 is 12.3 Å². The average Bonchev–Trinajstić information content (AvgIpc) is 2.94. The SMILES string of the molecule is CCC1OC(n2cnc3c(N)ncnc32)C(S)C1O. The second-order valence-electron chi connectivity index (χ2n) is 4.54. The molecule has 1 saturated heterocycles. The lowest BCUT2D eigenvalue weighted by molar-refractivity contribution is -0.0180. The van der Waals surface area contributed by atoms with Crippen LogP contribution < -0.4 is 5.73 Å². The number of hydrogen-bond donors (Lipinski definition) is 3. The molecule has 19 heavy (non-hydrogen) atoms. The molecule has 1 aliphatic heterocycles. The Kier molecular flexibility index (Phi) is 3.08. The van der Waals surface area contributed by atoms with Crippen molar-refractivity contribution in [1.82, 2.24) is 19.5 Å². The van der Waals surface area contributed by atoms with Crippen LogP contribution in [-0.4, -0.2) is 42.1 Å². The first kappa shape index (κ1) is 12.6. The van der Waals surface area contributed by atoms with E-state index in [1.54, 1.807) is 10.9 Å². The van der Waals surface area contributed by atoms with Gasteiger partial charge in [0.2, 0.25) is 0 Å². The van der Waals surface area contributed by atoms with Crippen LogP contribution in [-0.2, 0) is 4.74 Å². The van der Waals surface area contributed by atoms with Gasteiger partial charge in [-0.25, -0.2) is 15.0 Å². The van der Waals surface area contributed by atoms with Crippen molar-refractivity contribution in [2.75, 3.05) is 5.73 Å². The number of nitrogens with two attached hydrogens (primary N) is 1. The van der Waals surface area contributed by atoms with Crippen LogP contribution in [0.5, 0.6) is 0 Å². The molecule has 0 aromatic carbocycles. The lowest BCUT2D eigenvalue weighted by Crippen LogP contribution is -2.27. The maximum Gasteiger partial charge on any atom is 0.167 e. The maximum absolute atomic E-state index is 10.1. The number of thiol groups is 1. The second-order valence-corrected chi connectivity index (χ2v) is 5.13. The Bertz CT molecular complexity index is 604. The molecule has 8 heteroatoms. The fraction of sp³-hybridized carbons (Fsp3) is 0.545. The molecule has 3 N–H and O–H groups in total. The quantitative estimate of drug-likeness (QED) is 0.688. The van der Waals surface area contributed by atoms with Crippen molar-refractivity contribution in [3.05, 3.63) is 12.7 Å². The standard InChI is InChI=1S/C11H15N5O2S/c1-2-5-7(17)8(19)11(18-5)16-4-15-6-9(12)13-3-14-10(6)16/h3-5,7-8,11,17,19H,2H2,1H3,(H2,12,13,14). The summed E-state index contributed by atoms with van der Waals surface area (Å²) in [4.78, 5) is 12.3. The Hall–Kier alpha value is -1.38. The second kappa shape index (κ2) is 4.62.